The third-order valence-corrected chi connectivity index (χ3v) is 14.5. The Morgan fingerprint density at radius 1 is 0.282 bits per heavy atom. The number of unbranched alkanes of at least 4 members (excludes halogenated alkanes) is 44. The van der Waals surface area contributed by atoms with Crippen LogP contribution in [0.2, 0.25) is 0 Å². The molecule has 71 heavy (non-hydrogen) atoms. The van der Waals surface area contributed by atoms with Gasteiger partial charge in [0.25, 0.3) is 0 Å². The average molecular weight is 1000 g/mol. The van der Waals surface area contributed by atoms with E-state index >= 15 is 0 Å². The molecule has 0 N–H and O–H groups in total. The Morgan fingerprint density at radius 3 is 0.775 bits per heavy atom. The van der Waals surface area contributed by atoms with Crippen LogP contribution in [0, 0.1) is 0 Å². The molecule has 0 bridgehead atoms. The summed E-state index contributed by atoms with van der Waals surface area (Å²) in [4.78, 5) is 38.2. The van der Waals surface area contributed by atoms with Gasteiger partial charge in [0, 0.05) is 19.3 Å². The van der Waals surface area contributed by atoms with Crippen molar-refractivity contribution in [3.8, 4) is 0 Å². The highest BCUT2D eigenvalue weighted by Crippen LogP contribution is 2.18. The molecule has 6 nitrogen and oxygen atoms in total. The lowest BCUT2D eigenvalue weighted by atomic mass is 10.0. The Kier molecular flexibility index (Phi) is 58.6. The summed E-state index contributed by atoms with van der Waals surface area (Å²) < 4.78 is 16.9. The Balaban J connectivity index is 4.25. The van der Waals surface area contributed by atoms with Crippen molar-refractivity contribution in [2.45, 2.75) is 361 Å². The summed E-state index contributed by atoms with van der Waals surface area (Å²) in [5.74, 6) is -0.841. The molecule has 0 aliphatic heterocycles. The fraction of sp³-hybridized carbons (Fsp3) is 0.892. The number of hydrogen-bond donors (Lipinski definition) is 0. The van der Waals surface area contributed by atoms with Gasteiger partial charge >= 0.3 is 17.9 Å². The molecule has 0 aromatic carbocycles. The van der Waals surface area contributed by atoms with Crippen molar-refractivity contribution in [2.24, 2.45) is 0 Å². The van der Waals surface area contributed by atoms with E-state index < -0.39 is 6.10 Å². The van der Waals surface area contributed by atoms with Crippen molar-refractivity contribution in [1.29, 1.82) is 0 Å². The van der Waals surface area contributed by atoms with Gasteiger partial charge in [0.1, 0.15) is 13.2 Å². The number of allylic oxidation sites excluding steroid dienone is 4. The molecule has 0 amide bonds. The fourth-order valence-electron chi connectivity index (χ4n) is 9.65. The van der Waals surface area contributed by atoms with Crippen LogP contribution in [0.4, 0.5) is 0 Å². The summed E-state index contributed by atoms with van der Waals surface area (Å²) in [5, 5.41) is 0. The zero-order valence-corrected chi connectivity index (χ0v) is 48.0. The van der Waals surface area contributed by atoms with E-state index in [4.69, 9.17) is 14.2 Å². The predicted octanol–water partition coefficient (Wildman–Crippen LogP) is 21.4. The van der Waals surface area contributed by atoms with E-state index in [9.17, 15) is 14.4 Å². The number of carbonyl (C=O) groups excluding carboxylic acids is 3. The number of rotatable bonds is 59. The molecule has 0 fully saturated rings. The van der Waals surface area contributed by atoms with Crippen LogP contribution in [0.1, 0.15) is 355 Å². The Labute approximate surface area is 443 Å². The minimum atomic E-state index is -0.767. The molecule has 0 aliphatic rings. The van der Waals surface area contributed by atoms with Crippen LogP contribution in [0.15, 0.2) is 24.3 Å². The topological polar surface area (TPSA) is 78.9 Å². The zero-order valence-electron chi connectivity index (χ0n) is 48.0. The van der Waals surface area contributed by atoms with Crippen LogP contribution < -0.4 is 0 Å². The van der Waals surface area contributed by atoms with Crippen molar-refractivity contribution in [3.63, 3.8) is 0 Å². The van der Waals surface area contributed by atoms with E-state index in [2.05, 4.69) is 45.1 Å². The van der Waals surface area contributed by atoms with E-state index in [-0.39, 0.29) is 31.1 Å². The van der Waals surface area contributed by atoms with Crippen LogP contribution in [-0.4, -0.2) is 37.2 Å². The molecule has 0 rings (SSSR count). The maximum Gasteiger partial charge on any atom is 0.306 e. The molecule has 0 spiro atoms. The van der Waals surface area contributed by atoms with Crippen molar-refractivity contribution in [3.05, 3.63) is 24.3 Å². The Bertz CT molecular complexity index is 1150. The molecule has 0 saturated heterocycles. The number of carbonyl (C=O) groups is 3. The van der Waals surface area contributed by atoms with Crippen LogP contribution in [0.25, 0.3) is 0 Å². The van der Waals surface area contributed by atoms with Gasteiger partial charge in [-0.25, -0.2) is 0 Å². The molecule has 0 saturated carbocycles. The first-order valence-electron chi connectivity index (χ1n) is 31.8. The number of ether oxygens (including phenoxy) is 3. The summed E-state index contributed by atoms with van der Waals surface area (Å²) in [6.07, 6.45) is 71.8. The maximum atomic E-state index is 12.9. The van der Waals surface area contributed by atoms with Gasteiger partial charge in [0.2, 0.25) is 0 Å². The highest BCUT2D eigenvalue weighted by molar-refractivity contribution is 5.71. The average Bonchev–Trinajstić information content (AvgIpc) is 3.37. The summed E-state index contributed by atoms with van der Waals surface area (Å²) in [5.41, 5.74) is 0. The number of hydrogen-bond acceptors (Lipinski definition) is 6. The second kappa shape index (κ2) is 60.4. The van der Waals surface area contributed by atoms with Crippen molar-refractivity contribution in [2.75, 3.05) is 13.2 Å². The van der Waals surface area contributed by atoms with Crippen LogP contribution in [-0.2, 0) is 28.6 Å². The molecule has 6 heteroatoms. The standard InChI is InChI=1S/C65H122O6/c1-4-7-10-13-16-19-22-25-27-29-31-32-33-34-35-37-38-40-43-46-49-52-55-58-64(67)70-61-62(60-69-63(66)57-54-51-48-45-42-24-21-18-15-12-9-6-3)71-65(68)59-56-53-50-47-44-41-39-36-30-28-26-23-20-17-14-11-8-5-2/h22,25,29,31,62H,4-21,23-24,26-28,30,32-61H2,1-3H3/b25-22-,31-29-. The molecule has 0 heterocycles. The smallest absolute Gasteiger partial charge is 0.306 e. The summed E-state index contributed by atoms with van der Waals surface area (Å²) in [7, 11) is 0. The van der Waals surface area contributed by atoms with E-state index in [1.165, 1.54) is 250 Å². The van der Waals surface area contributed by atoms with Gasteiger partial charge in [0.15, 0.2) is 6.10 Å². The highest BCUT2D eigenvalue weighted by atomic mass is 16.6. The second-order valence-corrected chi connectivity index (χ2v) is 21.7. The van der Waals surface area contributed by atoms with Crippen LogP contribution in [0.3, 0.4) is 0 Å². The summed E-state index contributed by atoms with van der Waals surface area (Å²) in [6, 6.07) is 0. The van der Waals surface area contributed by atoms with Crippen LogP contribution in [0.5, 0.6) is 0 Å². The van der Waals surface area contributed by atoms with Crippen molar-refractivity contribution >= 4 is 17.9 Å². The molecule has 1 unspecified atom stereocenters. The molecular formula is C65H122O6. The molecule has 0 aromatic heterocycles. The van der Waals surface area contributed by atoms with E-state index in [0.29, 0.717) is 19.3 Å². The molecule has 418 valence electrons. The Hall–Kier alpha value is -2.11. The monoisotopic (exact) mass is 999 g/mol. The van der Waals surface area contributed by atoms with Gasteiger partial charge in [-0.15, -0.1) is 0 Å². The van der Waals surface area contributed by atoms with Gasteiger partial charge in [-0.3, -0.25) is 14.4 Å². The first-order chi connectivity index (χ1) is 35.0. The normalized spacial score (nSPS) is 12.1. The van der Waals surface area contributed by atoms with Crippen LogP contribution >= 0.6 is 0 Å². The first-order valence-corrected chi connectivity index (χ1v) is 31.8. The van der Waals surface area contributed by atoms with Gasteiger partial charge in [-0.1, -0.05) is 308 Å². The van der Waals surface area contributed by atoms with Crippen molar-refractivity contribution in [1.82, 2.24) is 0 Å². The molecule has 1 atom stereocenters. The summed E-state index contributed by atoms with van der Waals surface area (Å²) in [6.45, 7) is 6.69. The predicted molar refractivity (Wildman–Crippen MR) is 307 cm³/mol. The maximum absolute atomic E-state index is 12.9. The lowest BCUT2D eigenvalue weighted by molar-refractivity contribution is -0.167. The van der Waals surface area contributed by atoms with Gasteiger partial charge in [-0.05, 0) is 51.4 Å². The van der Waals surface area contributed by atoms with Gasteiger partial charge < -0.3 is 14.2 Å². The zero-order chi connectivity index (χ0) is 51.4. The first kappa shape index (κ1) is 68.9. The molecule has 0 radical (unpaired) electrons. The highest BCUT2D eigenvalue weighted by Gasteiger charge is 2.19. The SMILES string of the molecule is CCCCCCC/C=C\C/C=C\CCCCCCCCCCCCCC(=O)OCC(COC(=O)CCCCCCCCCCCCCC)OC(=O)CCCCCCCCCCCCCCCCCCCC. The van der Waals surface area contributed by atoms with Gasteiger partial charge in [-0.2, -0.15) is 0 Å². The fourth-order valence-corrected chi connectivity index (χ4v) is 9.65. The molecular weight excluding hydrogens is 877 g/mol. The van der Waals surface area contributed by atoms with E-state index in [0.717, 1.165) is 64.2 Å². The van der Waals surface area contributed by atoms with E-state index in [1.54, 1.807) is 0 Å². The van der Waals surface area contributed by atoms with E-state index in [1.807, 2.05) is 0 Å². The number of esters is 3. The lowest BCUT2D eigenvalue weighted by Crippen LogP contribution is -2.30. The third kappa shape index (κ3) is 58.7. The van der Waals surface area contributed by atoms with Gasteiger partial charge in [0.05, 0.1) is 0 Å². The Morgan fingerprint density at radius 2 is 0.507 bits per heavy atom. The lowest BCUT2D eigenvalue weighted by Gasteiger charge is -2.18. The molecule has 0 aromatic rings. The van der Waals surface area contributed by atoms with Crippen molar-refractivity contribution < 1.29 is 28.6 Å². The quantitative estimate of drug-likeness (QED) is 0.0261. The summed E-state index contributed by atoms with van der Waals surface area (Å²) >= 11 is 0. The minimum Gasteiger partial charge on any atom is -0.462 e. The second-order valence-electron chi connectivity index (χ2n) is 21.7. The molecule has 0 aliphatic carbocycles. The third-order valence-electron chi connectivity index (χ3n) is 14.5. The minimum absolute atomic E-state index is 0.0655. The largest absolute Gasteiger partial charge is 0.462 e.